The van der Waals surface area contributed by atoms with Gasteiger partial charge in [0, 0.05) is 37.1 Å². The van der Waals surface area contributed by atoms with Crippen molar-refractivity contribution in [2.24, 2.45) is 0 Å². The molecule has 1 atom stereocenters. The first-order chi connectivity index (χ1) is 17.7. The Kier molecular flexibility index (Phi) is 6.05. The topological polar surface area (TPSA) is 66.8 Å². The first kappa shape index (κ1) is 22.2. The summed E-state index contributed by atoms with van der Waals surface area (Å²) < 4.78 is 0. The number of hydrogen-bond donors (Lipinski definition) is 1. The first-order valence-electron chi connectivity index (χ1n) is 12.0. The van der Waals surface area contributed by atoms with Gasteiger partial charge >= 0.3 is 0 Å². The molecule has 0 amide bonds. The molecule has 6 nitrogen and oxygen atoms in total. The van der Waals surface area contributed by atoms with Crippen LogP contribution in [0.15, 0.2) is 97.3 Å². The van der Waals surface area contributed by atoms with Crippen LogP contribution in [0.5, 0.6) is 0 Å². The Bertz CT molecular complexity index is 1510. The number of rotatable bonds is 4. The monoisotopic (exact) mass is 488 g/mol. The molecule has 0 saturated carbocycles. The molecule has 3 aromatic heterocycles. The average molecular weight is 489 g/mol. The van der Waals surface area contributed by atoms with Crippen LogP contribution in [0.4, 0.5) is 5.69 Å². The molecule has 1 fully saturated rings. The lowest BCUT2D eigenvalue weighted by Gasteiger charge is -2.21. The molecule has 1 aliphatic heterocycles. The van der Waals surface area contributed by atoms with E-state index < -0.39 is 0 Å². The number of anilines is 1. The van der Waals surface area contributed by atoms with E-state index in [-0.39, 0.29) is 0 Å². The van der Waals surface area contributed by atoms with Crippen LogP contribution < -0.4 is 5.32 Å². The highest BCUT2D eigenvalue weighted by Crippen LogP contribution is 2.30. The minimum Gasteiger partial charge on any atom is -0.348 e. The highest BCUT2D eigenvalue weighted by Gasteiger charge is 2.25. The van der Waals surface area contributed by atoms with E-state index in [1.807, 2.05) is 54.6 Å². The molecule has 1 unspecified atom stereocenters. The zero-order valence-corrected chi connectivity index (χ0v) is 20.4. The number of thiocarbonyl (C=S) groups is 1. The molecule has 0 aliphatic carbocycles. The molecule has 1 aliphatic rings. The van der Waals surface area contributed by atoms with E-state index in [2.05, 4.69) is 50.5 Å². The number of likely N-dealkylation sites (tertiary alicyclic amines) is 1. The number of pyridine rings is 2. The van der Waals surface area contributed by atoms with Gasteiger partial charge in [0.25, 0.3) is 0 Å². The summed E-state index contributed by atoms with van der Waals surface area (Å²) in [6.45, 7) is 1.86. The molecule has 7 heteroatoms. The van der Waals surface area contributed by atoms with Gasteiger partial charge in [-0.1, -0.05) is 42.5 Å². The summed E-state index contributed by atoms with van der Waals surface area (Å²) in [7, 11) is 0. The van der Waals surface area contributed by atoms with Crippen molar-refractivity contribution < 1.29 is 0 Å². The van der Waals surface area contributed by atoms with E-state index in [1.54, 1.807) is 12.4 Å². The highest BCUT2D eigenvalue weighted by molar-refractivity contribution is 7.80. The third kappa shape index (κ3) is 4.53. The summed E-state index contributed by atoms with van der Waals surface area (Å²) in [5.41, 5.74) is 6.75. The summed E-state index contributed by atoms with van der Waals surface area (Å²) in [5.74, 6) is 0.499. The minimum atomic E-state index is 0.499. The summed E-state index contributed by atoms with van der Waals surface area (Å²) >= 11 is 5.77. The van der Waals surface area contributed by atoms with Crippen molar-refractivity contribution in [1.29, 1.82) is 0 Å². The Morgan fingerprint density at radius 3 is 2.11 bits per heavy atom. The standard InChI is InChI=1S/C29H24N6S/c36-29(35-17-14-21(19-35)20-8-2-1-3-9-20)32-22-12-13-23-26(18-22)34-28(25-11-5-7-16-31-25)27(33-23)24-10-4-6-15-30-24/h1-13,15-16,18,21H,14,17,19H2,(H,32,36). The van der Waals surface area contributed by atoms with Crippen molar-refractivity contribution in [2.75, 3.05) is 18.4 Å². The summed E-state index contributed by atoms with van der Waals surface area (Å²) in [6, 6.07) is 28.2. The average Bonchev–Trinajstić information content (AvgIpc) is 3.45. The maximum Gasteiger partial charge on any atom is 0.173 e. The number of aromatic nitrogens is 4. The molecule has 176 valence electrons. The van der Waals surface area contributed by atoms with E-state index >= 15 is 0 Å². The molecule has 0 spiro atoms. The minimum absolute atomic E-state index is 0.499. The molecular formula is C29H24N6S. The molecule has 5 aromatic rings. The second-order valence-electron chi connectivity index (χ2n) is 8.83. The Labute approximate surface area is 215 Å². The second-order valence-corrected chi connectivity index (χ2v) is 9.21. The van der Waals surface area contributed by atoms with Crippen molar-refractivity contribution in [1.82, 2.24) is 24.8 Å². The van der Waals surface area contributed by atoms with Gasteiger partial charge in [-0.2, -0.15) is 0 Å². The van der Waals surface area contributed by atoms with Crippen molar-refractivity contribution in [3.63, 3.8) is 0 Å². The van der Waals surface area contributed by atoms with E-state index in [4.69, 9.17) is 22.2 Å². The highest BCUT2D eigenvalue weighted by atomic mass is 32.1. The quantitative estimate of drug-likeness (QED) is 0.314. The number of hydrogen-bond acceptors (Lipinski definition) is 5. The molecule has 36 heavy (non-hydrogen) atoms. The normalized spacial score (nSPS) is 15.2. The first-order valence-corrected chi connectivity index (χ1v) is 12.4. The molecule has 6 rings (SSSR count). The lowest BCUT2D eigenvalue weighted by molar-refractivity contribution is 0.518. The van der Waals surface area contributed by atoms with E-state index in [1.165, 1.54) is 5.56 Å². The van der Waals surface area contributed by atoms with E-state index in [0.717, 1.165) is 52.7 Å². The van der Waals surface area contributed by atoms with Crippen molar-refractivity contribution in [2.45, 2.75) is 12.3 Å². The van der Waals surface area contributed by atoms with Gasteiger partial charge in [-0.3, -0.25) is 9.97 Å². The number of fused-ring (bicyclic) bond motifs is 1. The number of benzene rings is 2. The van der Waals surface area contributed by atoms with Crippen molar-refractivity contribution in [3.05, 3.63) is 103 Å². The second kappa shape index (κ2) is 9.79. The molecule has 4 heterocycles. The van der Waals surface area contributed by atoms with Gasteiger partial charge in [0.15, 0.2) is 5.11 Å². The molecule has 1 N–H and O–H groups in total. The Balaban J connectivity index is 1.29. The fourth-order valence-corrected chi connectivity index (χ4v) is 4.92. The lowest BCUT2D eigenvalue weighted by atomic mass is 9.99. The lowest BCUT2D eigenvalue weighted by Crippen LogP contribution is -2.32. The maximum atomic E-state index is 5.77. The summed E-state index contributed by atoms with van der Waals surface area (Å²) in [4.78, 5) is 21.2. The van der Waals surface area contributed by atoms with Crippen LogP contribution >= 0.6 is 12.2 Å². The van der Waals surface area contributed by atoms with Gasteiger partial charge in [-0.15, -0.1) is 0 Å². The molecular weight excluding hydrogens is 464 g/mol. The van der Waals surface area contributed by atoms with Gasteiger partial charge in [0.1, 0.15) is 11.4 Å². The fraction of sp³-hybridized carbons (Fsp3) is 0.138. The van der Waals surface area contributed by atoms with Gasteiger partial charge in [-0.05, 0) is 66.7 Å². The largest absolute Gasteiger partial charge is 0.348 e. The number of nitrogens with one attached hydrogen (secondary N) is 1. The maximum absolute atomic E-state index is 5.77. The van der Waals surface area contributed by atoms with Crippen molar-refractivity contribution in [3.8, 4) is 22.8 Å². The van der Waals surface area contributed by atoms with Gasteiger partial charge in [0.05, 0.1) is 22.4 Å². The smallest absolute Gasteiger partial charge is 0.173 e. The third-order valence-corrected chi connectivity index (χ3v) is 6.84. The van der Waals surface area contributed by atoms with Gasteiger partial charge in [-0.25, -0.2) is 9.97 Å². The van der Waals surface area contributed by atoms with Crippen LogP contribution in [-0.2, 0) is 0 Å². The van der Waals surface area contributed by atoms with Crippen LogP contribution in [0.2, 0.25) is 0 Å². The third-order valence-electron chi connectivity index (χ3n) is 6.48. The fourth-order valence-electron chi connectivity index (χ4n) is 4.64. The molecule has 0 radical (unpaired) electrons. The zero-order valence-electron chi connectivity index (χ0n) is 19.6. The van der Waals surface area contributed by atoms with Crippen LogP contribution in [0.25, 0.3) is 33.8 Å². The summed E-state index contributed by atoms with van der Waals surface area (Å²) in [5, 5.41) is 4.15. The van der Waals surface area contributed by atoms with E-state index in [0.29, 0.717) is 17.3 Å². The molecule has 0 bridgehead atoms. The van der Waals surface area contributed by atoms with Crippen molar-refractivity contribution >= 4 is 34.1 Å². The predicted molar refractivity (Wildman–Crippen MR) is 148 cm³/mol. The van der Waals surface area contributed by atoms with E-state index in [9.17, 15) is 0 Å². The predicted octanol–water partition coefficient (Wildman–Crippen LogP) is 5.94. The van der Waals surface area contributed by atoms with Crippen LogP contribution in [-0.4, -0.2) is 43.0 Å². The van der Waals surface area contributed by atoms with Crippen LogP contribution in [0.1, 0.15) is 17.9 Å². The van der Waals surface area contributed by atoms with Crippen LogP contribution in [0, 0.1) is 0 Å². The zero-order chi connectivity index (χ0) is 24.3. The molecule has 2 aromatic carbocycles. The summed E-state index contributed by atoms with van der Waals surface area (Å²) in [6.07, 6.45) is 4.62. The SMILES string of the molecule is S=C(Nc1ccc2nc(-c3ccccn3)c(-c3ccccn3)nc2c1)N1CCC(c2ccccc2)C1. The van der Waals surface area contributed by atoms with Gasteiger partial charge in [0.2, 0.25) is 0 Å². The van der Waals surface area contributed by atoms with Gasteiger partial charge < -0.3 is 10.2 Å². The number of nitrogens with zero attached hydrogens (tertiary/aromatic N) is 5. The molecule has 1 saturated heterocycles. The Morgan fingerprint density at radius 2 is 1.44 bits per heavy atom. The Hall–Kier alpha value is -4.23. The Morgan fingerprint density at radius 1 is 0.778 bits per heavy atom. The van der Waals surface area contributed by atoms with Crippen LogP contribution in [0.3, 0.4) is 0 Å².